The van der Waals surface area contributed by atoms with Gasteiger partial charge in [0.25, 0.3) is 0 Å². The molecule has 0 heterocycles. The largest absolute Gasteiger partial charge is 0.493 e. The van der Waals surface area contributed by atoms with Gasteiger partial charge in [0.05, 0.1) is 20.1 Å². The van der Waals surface area contributed by atoms with Gasteiger partial charge in [-0.25, -0.2) is 0 Å². The normalized spacial score (nSPS) is 12.0. The monoisotopic (exact) mass is 329 g/mol. The molecule has 1 aromatic carbocycles. The number of halogens is 1. The van der Waals surface area contributed by atoms with Crippen LogP contribution in [0, 0.1) is 0 Å². The van der Waals surface area contributed by atoms with Crippen LogP contribution in [0.3, 0.4) is 0 Å². The summed E-state index contributed by atoms with van der Waals surface area (Å²) in [5, 5.41) is 0. The average Bonchev–Trinajstić information content (AvgIpc) is 2.40. The number of carbonyl (C=O) groups is 1. The van der Waals surface area contributed by atoms with E-state index in [1.54, 1.807) is 0 Å². The van der Waals surface area contributed by atoms with Crippen molar-refractivity contribution in [2.75, 3.05) is 13.7 Å². The summed E-state index contributed by atoms with van der Waals surface area (Å²) >= 11 is 3.44. The molecular formula is C14H20BrNO3. The fourth-order valence-electron chi connectivity index (χ4n) is 1.62. The van der Waals surface area contributed by atoms with Crippen molar-refractivity contribution in [2.24, 2.45) is 5.73 Å². The number of hydrogen-bond donors (Lipinski definition) is 1. The molecule has 0 bridgehead atoms. The molecule has 1 unspecified atom stereocenters. The van der Waals surface area contributed by atoms with Crippen molar-refractivity contribution in [1.82, 2.24) is 0 Å². The number of esters is 1. The molecule has 0 aliphatic heterocycles. The Bertz CT molecular complexity index is 423. The lowest BCUT2D eigenvalue weighted by atomic mass is 10.0. The molecule has 0 radical (unpaired) electrons. The predicted octanol–water partition coefficient (Wildman–Crippen LogP) is 2.67. The van der Waals surface area contributed by atoms with Crippen LogP contribution in [0.1, 0.15) is 25.3 Å². The molecule has 0 fully saturated rings. The molecule has 0 aromatic heterocycles. The molecule has 5 heteroatoms. The zero-order chi connectivity index (χ0) is 14.3. The molecule has 106 valence electrons. The van der Waals surface area contributed by atoms with Crippen molar-refractivity contribution in [2.45, 2.75) is 32.2 Å². The summed E-state index contributed by atoms with van der Waals surface area (Å²) in [6.45, 7) is 2.36. The van der Waals surface area contributed by atoms with Crippen LogP contribution in [0.4, 0.5) is 0 Å². The van der Waals surface area contributed by atoms with E-state index in [-0.39, 0.29) is 18.4 Å². The summed E-state index contributed by atoms with van der Waals surface area (Å²) in [5.41, 5.74) is 7.03. The fourth-order valence-corrected chi connectivity index (χ4v) is 2.03. The Labute approximate surface area is 122 Å². The first kappa shape index (κ1) is 16.0. The number of carbonyl (C=O) groups excluding carboxylic acids is 1. The Hall–Kier alpha value is -1.07. The molecule has 0 amide bonds. The second kappa shape index (κ2) is 8.17. The lowest BCUT2D eigenvalue weighted by Gasteiger charge is -2.14. The van der Waals surface area contributed by atoms with Gasteiger partial charge in [-0.15, -0.1) is 0 Å². The van der Waals surface area contributed by atoms with Crippen molar-refractivity contribution in [1.29, 1.82) is 0 Å². The molecule has 0 aliphatic carbocycles. The Morgan fingerprint density at radius 2 is 2.21 bits per heavy atom. The van der Waals surface area contributed by atoms with Crippen molar-refractivity contribution < 1.29 is 14.3 Å². The van der Waals surface area contributed by atoms with Gasteiger partial charge >= 0.3 is 5.97 Å². The average molecular weight is 330 g/mol. The minimum atomic E-state index is -0.274. The van der Waals surface area contributed by atoms with Crippen LogP contribution in [-0.4, -0.2) is 25.7 Å². The molecule has 1 atom stereocenters. The van der Waals surface area contributed by atoms with Gasteiger partial charge in [-0.05, 0) is 36.6 Å². The van der Waals surface area contributed by atoms with Gasteiger partial charge in [-0.3, -0.25) is 4.79 Å². The first-order chi connectivity index (χ1) is 9.06. The molecule has 2 N–H and O–H groups in total. The van der Waals surface area contributed by atoms with E-state index in [0.29, 0.717) is 6.61 Å². The summed E-state index contributed by atoms with van der Waals surface area (Å²) in [6, 6.07) is 5.91. The maximum absolute atomic E-state index is 11.0. The van der Waals surface area contributed by atoms with Gasteiger partial charge in [0, 0.05) is 10.5 Å². The van der Waals surface area contributed by atoms with Crippen molar-refractivity contribution >= 4 is 21.9 Å². The van der Waals surface area contributed by atoms with Crippen molar-refractivity contribution in [3.8, 4) is 5.75 Å². The van der Waals surface area contributed by atoms with Crippen LogP contribution >= 0.6 is 15.9 Å². The maximum Gasteiger partial charge on any atom is 0.308 e. The van der Waals surface area contributed by atoms with Crippen LogP contribution in [0.15, 0.2) is 22.7 Å². The number of benzene rings is 1. The van der Waals surface area contributed by atoms with E-state index in [1.807, 2.05) is 18.2 Å². The predicted molar refractivity (Wildman–Crippen MR) is 78.2 cm³/mol. The molecule has 1 aromatic rings. The van der Waals surface area contributed by atoms with E-state index >= 15 is 0 Å². The lowest BCUT2D eigenvalue weighted by Crippen LogP contribution is -2.22. The summed E-state index contributed by atoms with van der Waals surface area (Å²) in [6.07, 6.45) is 1.91. The highest BCUT2D eigenvalue weighted by Gasteiger charge is 2.09. The Kier molecular flexibility index (Phi) is 6.87. The first-order valence-corrected chi connectivity index (χ1v) is 7.09. The summed E-state index contributed by atoms with van der Waals surface area (Å²) in [4.78, 5) is 11.0. The second-order valence-corrected chi connectivity index (χ2v) is 5.21. The zero-order valence-corrected chi connectivity index (χ0v) is 12.9. The summed E-state index contributed by atoms with van der Waals surface area (Å²) in [7, 11) is 1.37. The van der Waals surface area contributed by atoms with Gasteiger partial charge in [0.2, 0.25) is 0 Å². The van der Waals surface area contributed by atoms with E-state index in [9.17, 15) is 4.79 Å². The topological polar surface area (TPSA) is 61.5 Å². The highest BCUT2D eigenvalue weighted by Crippen LogP contribution is 2.25. The second-order valence-electron chi connectivity index (χ2n) is 4.30. The Balaban J connectivity index is 2.67. The molecule has 0 saturated heterocycles. The van der Waals surface area contributed by atoms with E-state index in [2.05, 4.69) is 27.6 Å². The van der Waals surface area contributed by atoms with E-state index in [0.717, 1.165) is 28.6 Å². The van der Waals surface area contributed by atoms with Crippen LogP contribution in [0.2, 0.25) is 0 Å². The van der Waals surface area contributed by atoms with Gasteiger partial charge in [-0.1, -0.05) is 22.9 Å². The molecule has 19 heavy (non-hydrogen) atoms. The van der Waals surface area contributed by atoms with E-state index in [4.69, 9.17) is 10.5 Å². The third-order valence-electron chi connectivity index (χ3n) is 2.82. The van der Waals surface area contributed by atoms with Gasteiger partial charge in [0.15, 0.2) is 0 Å². The standard InChI is InChI=1S/C14H20BrNO3/c1-3-12(16)9-10-8-11(15)4-5-13(10)19-7-6-14(17)18-2/h4-5,8,12H,3,6-7,9,16H2,1-2H3. The van der Waals surface area contributed by atoms with Crippen LogP contribution in [-0.2, 0) is 16.0 Å². The van der Waals surface area contributed by atoms with Crippen LogP contribution < -0.4 is 10.5 Å². The summed E-state index contributed by atoms with van der Waals surface area (Å²) < 4.78 is 11.2. The van der Waals surface area contributed by atoms with Gasteiger partial charge < -0.3 is 15.2 Å². The number of rotatable bonds is 7. The smallest absolute Gasteiger partial charge is 0.308 e. The molecule has 4 nitrogen and oxygen atoms in total. The number of methoxy groups -OCH3 is 1. The molecular weight excluding hydrogens is 310 g/mol. The quantitative estimate of drug-likeness (QED) is 0.781. The third kappa shape index (κ3) is 5.61. The SMILES string of the molecule is CCC(N)Cc1cc(Br)ccc1OCCC(=O)OC. The number of nitrogens with two attached hydrogens (primary N) is 1. The lowest BCUT2D eigenvalue weighted by molar-refractivity contribution is -0.141. The Morgan fingerprint density at radius 3 is 2.84 bits per heavy atom. The third-order valence-corrected chi connectivity index (χ3v) is 3.31. The van der Waals surface area contributed by atoms with Crippen LogP contribution in [0.25, 0.3) is 0 Å². The van der Waals surface area contributed by atoms with E-state index < -0.39 is 0 Å². The summed E-state index contributed by atoms with van der Waals surface area (Å²) in [5.74, 6) is 0.500. The molecule has 0 aliphatic rings. The van der Waals surface area contributed by atoms with Gasteiger partial charge in [0.1, 0.15) is 5.75 Å². The molecule has 0 saturated carbocycles. The number of hydrogen-bond acceptors (Lipinski definition) is 4. The highest BCUT2D eigenvalue weighted by molar-refractivity contribution is 9.10. The zero-order valence-electron chi connectivity index (χ0n) is 11.3. The van der Waals surface area contributed by atoms with Crippen molar-refractivity contribution in [3.63, 3.8) is 0 Å². The van der Waals surface area contributed by atoms with Gasteiger partial charge in [-0.2, -0.15) is 0 Å². The minimum Gasteiger partial charge on any atom is -0.493 e. The first-order valence-electron chi connectivity index (χ1n) is 6.30. The minimum absolute atomic E-state index is 0.109. The molecule has 0 spiro atoms. The maximum atomic E-state index is 11.0. The van der Waals surface area contributed by atoms with Crippen molar-refractivity contribution in [3.05, 3.63) is 28.2 Å². The fraction of sp³-hybridized carbons (Fsp3) is 0.500. The number of ether oxygens (including phenoxy) is 2. The Morgan fingerprint density at radius 1 is 1.47 bits per heavy atom. The molecule has 1 rings (SSSR count). The van der Waals surface area contributed by atoms with Crippen LogP contribution in [0.5, 0.6) is 5.75 Å². The highest BCUT2D eigenvalue weighted by atomic mass is 79.9. The van der Waals surface area contributed by atoms with E-state index in [1.165, 1.54) is 7.11 Å².